The highest BCUT2D eigenvalue weighted by Crippen LogP contribution is 2.54. The van der Waals surface area contributed by atoms with Gasteiger partial charge in [0.15, 0.2) is 0 Å². The maximum atomic E-state index is 11.6. The quantitative estimate of drug-likeness (QED) is 0.766. The normalized spacial score (nSPS) is 26.4. The fourth-order valence-electron chi connectivity index (χ4n) is 6.96. The summed E-state index contributed by atoms with van der Waals surface area (Å²) in [6.45, 7) is 13.8. The predicted octanol–water partition coefficient (Wildman–Crippen LogP) is 4.55. The molecular weight excluding hydrogens is 396 g/mol. The maximum absolute atomic E-state index is 11.6. The number of aryl methyl sites for hydroxylation is 2. The highest BCUT2D eigenvalue weighted by atomic mass is 16.5. The number of rotatable bonds is 4. The van der Waals surface area contributed by atoms with Gasteiger partial charge in [-0.2, -0.15) is 0 Å². The molecule has 5 rings (SSSR count). The Bertz CT molecular complexity index is 995. The minimum Gasteiger partial charge on any atom is -0.392 e. The number of ether oxygens (including phenoxy) is 1. The van der Waals surface area contributed by atoms with Crippen LogP contribution in [0.25, 0.3) is 0 Å². The predicted molar refractivity (Wildman–Crippen MR) is 133 cm³/mol. The van der Waals surface area contributed by atoms with E-state index in [-0.39, 0.29) is 17.9 Å². The number of hydrogen-bond acceptors (Lipinski definition) is 4. The van der Waals surface area contributed by atoms with Gasteiger partial charge in [-0.05, 0) is 92.0 Å². The molecule has 0 saturated heterocycles. The Kier molecular flexibility index (Phi) is 5.29. The van der Waals surface area contributed by atoms with Crippen LogP contribution in [0.15, 0.2) is 12.1 Å². The first kappa shape index (κ1) is 21.8. The van der Waals surface area contributed by atoms with Gasteiger partial charge in [0.05, 0.1) is 12.2 Å². The average molecular weight is 435 g/mol. The summed E-state index contributed by atoms with van der Waals surface area (Å²) in [6, 6.07) is 4.64. The Hall–Kier alpha value is -2.04. The van der Waals surface area contributed by atoms with Crippen LogP contribution in [0.4, 0.5) is 11.4 Å². The smallest absolute Gasteiger partial charge is 0.0762 e. The van der Waals surface area contributed by atoms with Crippen LogP contribution >= 0.6 is 0 Å². The van der Waals surface area contributed by atoms with Crippen molar-refractivity contribution in [2.75, 3.05) is 43.6 Å². The number of aliphatic hydroxyl groups excluding tert-OH is 1. The highest BCUT2D eigenvalue weighted by Gasteiger charge is 2.53. The Balaban J connectivity index is 1.56. The van der Waals surface area contributed by atoms with Crippen molar-refractivity contribution in [2.45, 2.75) is 71.5 Å². The van der Waals surface area contributed by atoms with E-state index in [1.807, 2.05) is 0 Å². The summed E-state index contributed by atoms with van der Waals surface area (Å²) in [5.41, 5.74) is 13.6. The van der Waals surface area contributed by atoms with E-state index in [1.54, 1.807) is 0 Å². The average Bonchev–Trinajstić information content (AvgIpc) is 3.33. The number of fused-ring (bicyclic) bond motifs is 2. The van der Waals surface area contributed by atoms with Crippen LogP contribution in [0.2, 0.25) is 0 Å². The second kappa shape index (κ2) is 7.78. The van der Waals surface area contributed by atoms with Crippen molar-refractivity contribution >= 4 is 11.4 Å². The van der Waals surface area contributed by atoms with Crippen molar-refractivity contribution in [1.82, 2.24) is 0 Å². The number of nitrogens with zero attached hydrogens (tertiary/aromatic N) is 2. The first-order valence-corrected chi connectivity index (χ1v) is 12.2. The van der Waals surface area contributed by atoms with E-state index in [9.17, 15) is 5.11 Å². The maximum Gasteiger partial charge on any atom is 0.0762 e. The van der Waals surface area contributed by atoms with Crippen molar-refractivity contribution in [1.29, 1.82) is 0 Å². The minimum absolute atomic E-state index is 0.0144. The van der Waals surface area contributed by atoms with Crippen molar-refractivity contribution in [3.05, 3.63) is 56.6 Å². The van der Waals surface area contributed by atoms with Crippen LogP contribution in [0.5, 0.6) is 0 Å². The molecule has 0 aromatic heterocycles. The zero-order chi connectivity index (χ0) is 22.9. The minimum atomic E-state index is -0.419. The molecule has 0 bridgehead atoms. The lowest BCUT2D eigenvalue weighted by molar-refractivity contribution is -0.113. The summed E-state index contributed by atoms with van der Waals surface area (Å²) in [4.78, 5) is 4.74. The Morgan fingerprint density at radius 3 is 1.69 bits per heavy atom. The lowest BCUT2D eigenvalue weighted by Gasteiger charge is -2.50. The fraction of sp³-hybridized carbons (Fsp3) is 0.571. The van der Waals surface area contributed by atoms with E-state index < -0.39 is 6.10 Å². The van der Waals surface area contributed by atoms with Gasteiger partial charge >= 0.3 is 0 Å². The number of likely N-dealkylation sites (N-methyl/N-ethyl adjacent to an activating group) is 2. The molecule has 2 unspecified atom stereocenters. The Morgan fingerprint density at radius 2 is 1.28 bits per heavy atom. The van der Waals surface area contributed by atoms with Crippen LogP contribution in [-0.4, -0.2) is 51.1 Å². The molecule has 3 aliphatic rings. The fourth-order valence-corrected chi connectivity index (χ4v) is 6.96. The number of hydrogen-bond donors (Lipinski definition) is 1. The summed E-state index contributed by atoms with van der Waals surface area (Å²) >= 11 is 0. The Morgan fingerprint density at radius 1 is 0.844 bits per heavy atom. The molecule has 172 valence electrons. The zero-order valence-corrected chi connectivity index (χ0v) is 20.7. The molecule has 0 radical (unpaired) electrons. The van der Waals surface area contributed by atoms with Gasteiger partial charge in [0, 0.05) is 57.0 Å². The summed E-state index contributed by atoms with van der Waals surface area (Å²) in [7, 11) is 4.37. The Labute approximate surface area is 193 Å². The third-order valence-electron chi connectivity index (χ3n) is 8.51. The molecule has 1 N–H and O–H groups in total. The van der Waals surface area contributed by atoms with Gasteiger partial charge in [0.2, 0.25) is 0 Å². The molecule has 0 amide bonds. The zero-order valence-electron chi connectivity index (χ0n) is 20.7. The number of benzene rings is 2. The summed E-state index contributed by atoms with van der Waals surface area (Å²) in [6.07, 6.45) is 1.78. The monoisotopic (exact) mass is 434 g/mol. The molecule has 2 aromatic rings. The van der Waals surface area contributed by atoms with Crippen molar-refractivity contribution in [3.8, 4) is 0 Å². The van der Waals surface area contributed by atoms with Gasteiger partial charge in [0.25, 0.3) is 0 Å². The lowest BCUT2D eigenvalue weighted by atomic mass is 9.61. The largest absolute Gasteiger partial charge is 0.392 e. The molecule has 2 heterocycles. The summed E-state index contributed by atoms with van der Waals surface area (Å²) in [5, 5.41) is 11.6. The molecule has 1 saturated carbocycles. The van der Waals surface area contributed by atoms with Crippen LogP contribution in [0.3, 0.4) is 0 Å². The van der Waals surface area contributed by atoms with Crippen molar-refractivity contribution < 1.29 is 9.84 Å². The third-order valence-corrected chi connectivity index (χ3v) is 8.51. The lowest BCUT2D eigenvalue weighted by Crippen LogP contribution is -2.53. The molecule has 4 nitrogen and oxygen atoms in total. The molecule has 2 aliphatic heterocycles. The first-order chi connectivity index (χ1) is 15.3. The van der Waals surface area contributed by atoms with Crippen LogP contribution in [0, 0.1) is 27.7 Å². The first-order valence-electron chi connectivity index (χ1n) is 12.2. The van der Waals surface area contributed by atoms with Crippen molar-refractivity contribution in [3.63, 3.8) is 0 Å². The summed E-state index contributed by atoms with van der Waals surface area (Å²) < 4.78 is 6.37. The van der Waals surface area contributed by atoms with Gasteiger partial charge in [0.1, 0.15) is 0 Å². The molecule has 4 heteroatoms. The molecule has 1 aliphatic carbocycles. The molecule has 2 atom stereocenters. The number of anilines is 2. The van der Waals surface area contributed by atoms with E-state index in [2.05, 4.69) is 70.6 Å². The van der Waals surface area contributed by atoms with Gasteiger partial charge < -0.3 is 19.6 Å². The SMILES string of the molecule is CCOC1C(c2cc(C)c3c(c2C)CCN3C)C(O)C1c1cc(C)c2c(c1C)CCN2C. The molecular formula is C28H38N2O2. The molecule has 2 aromatic carbocycles. The molecule has 0 spiro atoms. The topological polar surface area (TPSA) is 35.9 Å². The van der Waals surface area contributed by atoms with Gasteiger partial charge in [-0.25, -0.2) is 0 Å². The molecule has 32 heavy (non-hydrogen) atoms. The van der Waals surface area contributed by atoms with Gasteiger partial charge in [-0.15, -0.1) is 0 Å². The third kappa shape index (κ3) is 2.95. The van der Waals surface area contributed by atoms with E-state index in [1.165, 1.54) is 55.9 Å². The second-order valence-electron chi connectivity index (χ2n) is 10.3. The van der Waals surface area contributed by atoms with Gasteiger partial charge in [-0.3, -0.25) is 0 Å². The molecule has 1 fully saturated rings. The van der Waals surface area contributed by atoms with Crippen molar-refractivity contribution in [2.24, 2.45) is 0 Å². The van der Waals surface area contributed by atoms with Crippen LogP contribution < -0.4 is 9.80 Å². The van der Waals surface area contributed by atoms with E-state index in [0.29, 0.717) is 6.61 Å². The van der Waals surface area contributed by atoms with Crippen LogP contribution in [-0.2, 0) is 17.6 Å². The standard InChI is InChI=1S/C28H38N2O2/c1-8-32-28-23(21-13-15(2)25-19(17(21)4)9-11-29(25)6)27(31)24(28)22-14-16(3)26-20(18(22)5)10-12-30(26)7/h13-14,23-24,27-28,31H,8-12H2,1-7H3. The second-order valence-corrected chi connectivity index (χ2v) is 10.3. The van der Waals surface area contributed by atoms with E-state index >= 15 is 0 Å². The number of aliphatic hydroxyl groups is 1. The van der Waals surface area contributed by atoms with E-state index in [4.69, 9.17) is 4.74 Å². The van der Waals surface area contributed by atoms with Crippen LogP contribution in [0.1, 0.15) is 63.3 Å². The van der Waals surface area contributed by atoms with E-state index in [0.717, 1.165) is 25.9 Å². The highest BCUT2D eigenvalue weighted by molar-refractivity contribution is 5.69. The summed E-state index contributed by atoms with van der Waals surface area (Å²) in [5.74, 6) is 0.0657. The van der Waals surface area contributed by atoms with Gasteiger partial charge in [-0.1, -0.05) is 12.1 Å².